The summed E-state index contributed by atoms with van der Waals surface area (Å²) >= 11 is 0. The summed E-state index contributed by atoms with van der Waals surface area (Å²) in [6.07, 6.45) is 3.20. The van der Waals surface area contributed by atoms with Gasteiger partial charge in [-0.25, -0.2) is 17.9 Å². The van der Waals surface area contributed by atoms with Crippen LogP contribution in [0.3, 0.4) is 0 Å². The molecule has 7 nitrogen and oxygen atoms in total. The lowest BCUT2D eigenvalue weighted by Gasteiger charge is -2.45. The number of methoxy groups -OCH3 is 1. The summed E-state index contributed by atoms with van der Waals surface area (Å²) in [5, 5.41) is -0.808. The van der Waals surface area contributed by atoms with Crippen molar-refractivity contribution in [1.29, 1.82) is 0 Å². The van der Waals surface area contributed by atoms with Crippen LogP contribution in [0, 0.1) is 0 Å². The molecule has 0 radical (unpaired) electrons. The number of sulfonamides is 1. The Morgan fingerprint density at radius 1 is 1.16 bits per heavy atom. The third-order valence-electron chi connectivity index (χ3n) is 6.24. The zero-order chi connectivity index (χ0) is 21.6. The first-order valence-corrected chi connectivity index (χ1v) is 11.7. The van der Waals surface area contributed by atoms with Crippen molar-refractivity contribution in [3.63, 3.8) is 0 Å². The fourth-order valence-corrected chi connectivity index (χ4v) is 6.86. The van der Waals surface area contributed by atoms with Crippen LogP contribution in [0.2, 0.25) is 0 Å². The molecule has 0 unspecified atom stereocenters. The van der Waals surface area contributed by atoms with Gasteiger partial charge in [0.1, 0.15) is 22.2 Å². The SMILES string of the molecule is COc1ccccc1C(=O)O[C@H]1[C@H](Cc2ccccc2)NS(=O)(=O)[C@H]2C[C@H]3C=C[C@]12O3. The zero-order valence-corrected chi connectivity index (χ0v) is 17.7. The molecule has 2 aromatic rings. The number of esters is 1. The fraction of sp³-hybridized carbons (Fsp3) is 0.348. The molecule has 0 amide bonds. The van der Waals surface area contributed by atoms with Crippen molar-refractivity contribution >= 4 is 16.0 Å². The van der Waals surface area contributed by atoms with E-state index in [2.05, 4.69) is 4.72 Å². The zero-order valence-electron chi connectivity index (χ0n) is 16.9. The minimum Gasteiger partial charge on any atom is -0.496 e. The smallest absolute Gasteiger partial charge is 0.342 e. The van der Waals surface area contributed by atoms with Crippen LogP contribution in [0.1, 0.15) is 22.3 Å². The van der Waals surface area contributed by atoms with Crippen LogP contribution in [-0.4, -0.2) is 50.6 Å². The molecule has 3 aliphatic rings. The Bertz CT molecular complexity index is 1130. The molecule has 2 fully saturated rings. The van der Waals surface area contributed by atoms with E-state index in [1.54, 1.807) is 30.3 Å². The number of para-hydroxylation sites is 1. The minimum atomic E-state index is -3.66. The highest BCUT2D eigenvalue weighted by Gasteiger charge is 2.66. The predicted molar refractivity (Wildman–Crippen MR) is 113 cm³/mol. The average Bonchev–Trinajstić information content (AvgIpc) is 3.37. The van der Waals surface area contributed by atoms with Crippen molar-refractivity contribution in [3.05, 3.63) is 77.9 Å². The van der Waals surface area contributed by atoms with Gasteiger partial charge in [0, 0.05) is 0 Å². The molecule has 2 saturated heterocycles. The van der Waals surface area contributed by atoms with E-state index in [0.29, 0.717) is 18.6 Å². The lowest BCUT2D eigenvalue weighted by Crippen LogP contribution is -2.68. The van der Waals surface area contributed by atoms with Crippen molar-refractivity contribution in [2.24, 2.45) is 0 Å². The summed E-state index contributed by atoms with van der Waals surface area (Å²) in [6, 6.07) is 15.6. The van der Waals surface area contributed by atoms with Gasteiger partial charge in [-0.05, 0) is 36.6 Å². The monoisotopic (exact) mass is 441 g/mol. The summed E-state index contributed by atoms with van der Waals surface area (Å²) < 4.78 is 46.4. The van der Waals surface area contributed by atoms with Crippen LogP contribution in [0.5, 0.6) is 5.75 Å². The number of hydrogen-bond acceptors (Lipinski definition) is 6. The number of benzene rings is 2. The summed E-state index contributed by atoms with van der Waals surface area (Å²) in [4.78, 5) is 13.2. The van der Waals surface area contributed by atoms with E-state index in [9.17, 15) is 13.2 Å². The summed E-state index contributed by atoms with van der Waals surface area (Å²) in [7, 11) is -2.17. The second kappa shape index (κ2) is 7.47. The van der Waals surface area contributed by atoms with Crippen molar-refractivity contribution in [3.8, 4) is 5.75 Å². The van der Waals surface area contributed by atoms with E-state index in [0.717, 1.165) is 5.56 Å². The predicted octanol–water partition coefficient (Wildman–Crippen LogP) is 2.23. The molecule has 5 rings (SSSR count). The van der Waals surface area contributed by atoms with Gasteiger partial charge in [-0.2, -0.15) is 0 Å². The second-order valence-electron chi connectivity index (χ2n) is 8.08. The quantitative estimate of drug-likeness (QED) is 0.565. The van der Waals surface area contributed by atoms with Gasteiger partial charge < -0.3 is 14.2 Å². The van der Waals surface area contributed by atoms with E-state index in [-0.39, 0.29) is 11.7 Å². The molecular formula is C23H23NO6S. The van der Waals surface area contributed by atoms with Crippen molar-refractivity contribution < 1.29 is 27.4 Å². The van der Waals surface area contributed by atoms with E-state index in [4.69, 9.17) is 14.2 Å². The lowest BCUT2D eigenvalue weighted by molar-refractivity contribution is -0.0867. The molecule has 0 aromatic heterocycles. The highest BCUT2D eigenvalue weighted by molar-refractivity contribution is 7.90. The Hall–Kier alpha value is -2.68. The lowest BCUT2D eigenvalue weighted by atomic mass is 9.83. The average molecular weight is 442 g/mol. The first-order valence-electron chi connectivity index (χ1n) is 10.2. The Morgan fingerprint density at radius 2 is 1.90 bits per heavy atom. The van der Waals surface area contributed by atoms with Gasteiger partial charge in [-0.15, -0.1) is 0 Å². The molecule has 0 saturated carbocycles. The van der Waals surface area contributed by atoms with Gasteiger partial charge in [0.05, 0.1) is 19.3 Å². The number of ether oxygens (including phenoxy) is 3. The van der Waals surface area contributed by atoms with Crippen LogP contribution in [0.4, 0.5) is 0 Å². The molecule has 2 bridgehead atoms. The van der Waals surface area contributed by atoms with Gasteiger partial charge in [-0.3, -0.25) is 0 Å². The van der Waals surface area contributed by atoms with E-state index >= 15 is 0 Å². The number of fused-ring (bicyclic) bond motifs is 1. The first kappa shape index (κ1) is 20.2. The molecule has 3 aliphatic heterocycles. The summed E-state index contributed by atoms with van der Waals surface area (Å²) in [5.74, 6) is -0.188. The van der Waals surface area contributed by atoms with Gasteiger partial charge in [0.15, 0.2) is 6.10 Å². The number of nitrogens with one attached hydrogen (secondary N) is 1. The minimum absolute atomic E-state index is 0.279. The largest absolute Gasteiger partial charge is 0.496 e. The van der Waals surface area contributed by atoms with Crippen molar-refractivity contribution in [2.45, 2.75) is 41.9 Å². The molecule has 162 valence electrons. The van der Waals surface area contributed by atoms with Crippen LogP contribution >= 0.6 is 0 Å². The first-order chi connectivity index (χ1) is 14.9. The molecule has 1 spiro atoms. The Kier molecular flexibility index (Phi) is 4.88. The number of rotatable bonds is 5. The standard InChI is InChI=1S/C23H23NO6S/c1-28-19-10-6-5-9-17(19)22(25)29-21-18(13-15-7-3-2-4-8-15)24-31(26,27)20-14-16-11-12-23(20,21)30-16/h2-12,16,18,20-21,24H,13-14H2,1H3/t16-,18+,20+,21+,23-/m1/s1. The maximum Gasteiger partial charge on any atom is 0.342 e. The summed E-state index contributed by atoms with van der Waals surface area (Å²) in [6.45, 7) is 0. The van der Waals surface area contributed by atoms with Crippen molar-refractivity contribution in [2.75, 3.05) is 7.11 Å². The molecule has 3 heterocycles. The van der Waals surface area contributed by atoms with Gasteiger partial charge in [0.25, 0.3) is 0 Å². The van der Waals surface area contributed by atoms with E-state index in [1.165, 1.54) is 7.11 Å². The molecule has 0 aliphatic carbocycles. The van der Waals surface area contributed by atoms with E-state index in [1.807, 2.05) is 36.4 Å². The van der Waals surface area contributed by atoms with Crippen LogP contribution in [-0.2, 0) is 25.9 Å². The van der Waals surface area contributed by atoms with E-state index < -0.39 is 39.0 Å². The normalized spacial score (nSPS) is 32.4. The van der Waals surface area contributed by atoms with Crippen LogP contribution in [0.15, 0.2) is 66.7 Å². The second-order valence-corrected chi connectivity index (χ2v) is 9.97. The Morgan fingerprint density at radius 3 is 2.65 bits per heavy atom. The summed E-state index contributed by atoms with van der Waals surface area (Å²) in [5.41, 5.74) is 0.00701. The van der Waals surface area contributed by atoms with Gasteiger partial charge in [0.2, 0.25) is 10.0 Å². The molecule has 1 N–H and O–H groups in total. The van der Waals surface area contributed by atoms with Crippen LogP contribution < -0.4 is 9.46 Å². The molecule has 2 aromatic carbocycles. The molecule has 5 atom stereocenters. The molecular weight excluding hydrogens is 418 g/mol. The third-order valence-corrected chi connectivity index (χ3v) is 8.18. The number of carbonyl (C=O) groups is 1. The highest BCUT2D eigenvalue weighted by Crippen LogP contribution is 2.49. The van der Waals surface area contributed by atoms with Crippen molar-refractivity contribution in [1.82, 2.24) is 4.72 Å². The maximum atomic E-state index is 13.2. The van der Waals surface area contributed by atoms with Gasteiger partial charge in [-0.1, -0.05) is 48.5 Å². The highest BCUT2D eigenvalue weighted by atomic mass is 32.2. The Labute approximate surface area is 181 Å². The fourth-order valence-electron chi connectivity index (χ4n) is 4.87. The molecule has 31 heavy (non-hydrogen) atoms. The number of hydrogen-bond donors (Lipinski definition) is 1. The molecule has 8 heteroatoms. The Balaban J connectivity index is 1.53. The van der Waals surface area contributed by atoms with Gasteiger partial charge >= 0.3 is 5.97 Å². The maximum absolute atomic E-state index is 13.2. The topological polar surface area (TPSA) is 90.9 Å². The third kappa shape index (κ3) is 3.35. The number of carbonyl (C=O) groups excluding carboxylic acids is 1. The van der Waals surface area contributed by atoms with Crippen LogP contribution in [0.25, 0.3) is 0 Å².